The molecule has 0 amide bonds. The quantitative estimate of drug-likeness (QED) is 0.773. The second kappa shape index (κ2) is 6.23. The van der Waals surface area contributed by atoms with Crippen LogP contribution in [-0.4, -0.2) is 6.10 Å². The molecule has 114 valence electrons. The number of ether oxygens (including phenoxy) is 2. The van der Waals surface area contributed by atoms with Crippen molar-refractivity contribution in [2.24, 2.45) is 5.92 Å². The maximum atomic E-state index is 6.41. The van der Waals surface area contributed by atoms with Crippen LogP contribution in [0.5, 0.6) is 0 Å². The van der Waals surface area contributed by atoms with Crippen LogP contribution in [0.4, 0.5) is 0 Å². The fourth-order valence-corrected chi connectivity index (χ4v) is 3.80. The number of rotatable bonds is 2. The summed E-state index contributed by atoms with van der Waals surface area (Å²) in [5, 5.41) is 0. The summed E-state index contributed by atoms with van der Waals surface area (Å²) in [6.45, 7) is 0. The Morgan fingerprint density at radius 2 is 1.32 bits per heavy atom. The Morgan fingerprint density at radius 1 is 0.682 bits per heavy atom. The van der Waals surface area contributed by atoms with E-state index >= 15 is 0 Å². The van der Waals surface area contributed by atoms with Gasteiger partial charge >= 0.3 is 0 Å². The molecule has 2 aromatic rings. The Kier molecular flexibility index (Phi) is 3.96. The molecule has 1 saturated heterocycles. The van der Waals surface area contributed by atoms with E-state index in [1.807, 2.05) is 18.2 Å². The second-order valence-corrected chi connectivity index (χ2v) is 6.33. The third kappa shape index (κ3) is 2.69. The van der Waals surface area contributed by atoms with E-state index in [4.69, 9.17) is 9.47 Å². The maximum absolute atomic E-state index is 6.41. The largest absolute Gasteiger partial charge is 0.345 e. The highest BCUT2D eigenvalue weighted by molar-refractivity contribution is 5.21. The predicted octanol–water partition coefficient (Wildman–Crippen LogP) is 5.03. The van der Waals surface area contributed by atoms with E-state index in [1.165, 1.54) is 24.8 Å². The molecule has 22 heavy (non-hydrogen) atoms. The SMILES string of the molecule is c1ccc(C2OC3CCCCC3C(c3ccccc3)O2)cc1. The highest BCUT2D eigenvalue weighted by atomic mass is 16.7. The van der Waals surface area contributed by atoms with Crippen molar-refractivity contribution in [1.82, 2.24) is 0 Å². The standard InChI is InChI=1S/C20H22O2/c1-3-9-15(10-4-1)19-17-13-7-8-14-18(17)21-20(22-19)16-11-5-2-6-12-16/h1-6,9-12,17-20H,7-8,13-14H2. The van der Waals surface area contributed by atoms with Crippen LogP contribution in [0.3, 0.4) is 0 Å². The van der Waals surface area contributed by atoms with Crippen LogP contribution in [0.1, 0.15) is 49.2 Å². The minimum absolute atomic E-state index is 0.144. The first-order valence-electron chi connectivity index (χ1n) is 8.32. The topological polar surface area (TPSA) is 18.5 Å². The van der Waals surface area contributed by atoms with Crippen molar-refractivity contribution >= 4 is 0 Å². The van der Waals surface area contributed by atoms with E-state index in [9.17, 15) is 0 Å². The Hall–Kier alpha value is -1.64. The molecule has 4 unspecified atom stereocenters. The molecule has 1 heterocycles. The zero-order chi connectivity index (χ0) is 14.8. The van der Waals surface area contributed by atoms with Gasteiger partial charge in [-0.15, -0.1) is 0 Å². The van der Waals surface area contributed by atoms with Gasteiger partial charge in [0, 0.05) is 11.5 Å². The molecular formula is C20H22O2. The average Bonchev–Trinajstić information content (AvgIpc) is 2.62. The van der Waals surface area contributed by atoms with E-state index in [0.717, 1.165) is 12.0 Å². The van der Waals surface area contributed by atoms with E-state index in [-0.39, 0.29) is 12.4 Å². The van der Waals surface area contributed by atoms with Crippen molar-refractivity contribution < 1.29 is 9.47 Å². The lowest BCUT2D eigenvalue weighted by atomic mass is 9.79. The predicted molar refractivity (Wildman–Crippen MR) is 86.3 cm³/mol. The van der Waals surface area contributed by atoms with E-state index in [2.05, 4.69) is 42.5 Å². The first-order chi connectivity index (χ1) is 10.9. The fourth-order valence-electron chi connectivity index (χ4n) is 3.80. The van der Waals surface area contributed by atoms with Gasteiger partial charge in [0.2, 0.25) is 0 Å². The molecule has 2 fully saturated rings. The van der Waals surface area contributed by atoms with Crippen LogP contribution in [0.2, 0.25) is 0 Å². The van der Waals surface area contributed by atoms with Crippen LogP contribution in [0.25, 0.3) is 0 Å². The van der Waals surface area contributed by atoms with Gasteiger partial charge < -0.3 is 9.47 Å². The van der Waals surface area contributed by atoms with Crippen LogP contribution in [0, 0.1) is 5.92 Å². The normalized spacial score (nSPS) is 31.5. The number of fused-ring (bicyclic) bond motifs is 1. The average molecular weight is 294 g/mol. The molecule has 0 bridgehead atoms. The molecule has 2 aromatic carbocycles. The van der Waals surface area contributed by atoms with Crippen molar-refractivity contribution in [3.63, 3.8) is 0 Å². The van der Waals surface area contributed by atoms with Gasteiger partial charge in [0.15, 0.2) is 6.29 Å². The molecule has 0 radical (unpaired) electrons. The molecular weight excluding hydrogens is 272 g/mol. The van der Waals surface area contributed by atoms with Crippen LogP contribution >= 0.6 is 0 Å². The first-order valence-corrected chi connectivity index (χ1v) is 8.32. The van der Waals surface area contributed by atoms with E-state index < -0.39 is 0 Å². The van der Waals surface area contributed by atoms with E-state index in [0.29, 0.717) is 12.0 Å². The lowest BCUT2D eigenvalue weighted by Crippen LogP contribution is -2.40. The minimum Gasteiger partial charge on any atom is -0.345 e. The van der Waals surface area contributed by atoms with Crippen molar-refractivity contribution in [1.29, 1.82) is 0 Å². The lowest BCUT2D eigenvalue weighted by molar-refractivity contribution is -0.283. The van der Waals surface area contributed by atoms with Crippen molar-refractivity contribution in [3.05, 3.63) is 71.8 Å². The monoisotopic (exact) mass is 294 g/mol. The molecule has 2 aliphatic rings. The smallest absolute Gasteiger partial charge is 0.184 e. The highest BCUT2D eigenvalue weighted by Crippen LogP contribution is 2.46. The summed E-state index contributed by atoms with van der Waals surface area (Å²) in [6, 6.07) is 20.9. The Bertz CT molecular complexity index is 596. The zero-order valence-corrected chi connectivity index (χ0v) is 12.7. The van der Waals surface area contributed by atoms with Gasteiger partial charge in [0.25, 0.3) is 0 Å². The van der Waals surface area contributed by atoms with Crippen LogP contribution < -0.4 is 0 Å². The second-order valence-electron chi connectivity index (χ2n) is 6.33. The summed E-state index contributed by atoms with van der Waals surface area (Å²) >= 11 is 0. The molecule has 0 spiro atoms. The van der Waals surface area contributed by atoms with Gasteiger partial charge in [-0.1, -0.05) is 73.5 Å². The number of benzene rings is 2. The molecule has 2 heteroatoms. The summed E-state index contributed by atoms with van der Waals surface area (Å²) in [4.78, 5) is 0. The lowest BCUT2D eigenvalue weighted by Gasteiger charge is -2.44. The molecule has 1 aliphatic carbocycles. The van der Waals surface area contributed by atoms with Crippen LogP contribution in [0.15, 0.2) is 60.7 Å². The van der Waals surface area contributed by atoms with Gasteiger partial charge in [0.1, 0.15) is 0 Å². The molecule has 2 nitrogen and oxygen atoms in total. The molecule has 1 aliphatic heterocycles. The van der Waals surface area contributed by atoms with Gasteiger partial charge in [-0.05, 0) is 18.4 Å². The van der Waals surface area contributed by atoms with E-state index in [1.54, 1.807) is 0 Å². The fraction of sp³-hybridized carbons (Fsp3) is 0.400. The Labute approximate surface area is 132 Å². The summed E-state index contributed by atoms with van der Waals surface area (Å²) in [6.07, 6.45) is 5.12. The molecule has 4 atom stereocenters. The summed E-state index contributed by atoms with van der Waals surface area (Å²) in [5.74, 6) is 0.483. The maximum Gasteiger partial charge on any atom is 0.184 e. The third-order valence-corrected chi connectivity index (χ3v) is 4.91. The Balaban J connectivity index is 1.65. The molecule has 0 N–H and O–H groups in total. The highest BCUT2D eigenvalue weighted by Gasteiger charge is 2.41. The Morgan fingerprint density at radius 3 is 2.05 bits per heavy atom. The van der Waals surface area contributed by atoms with Crippen molar-refractivity contribution in [2.45, 2.75) is 44.2 Å². The van der Waals surface area contributed by atoms with Gasteiger partial charge in [-0.25, -0.2) is 0 Å². The first kappa shape index (κ1) is 14.0. The molecule has 1 saturated carbocycles. The van der Waals surface area contributed by atoms with Gasteiger partial charge in [-0.3, -0.25) is 0 Å². The number of hydrogen-bond acceptors (Lipinski definition) is 2. The van der Waals surface area contributed by atoms with Crippen molar-refractivity contribution in [3.8, 4) is 0 Å². The van der Waals surface area contributed by atoms with Gasteiger partial charge in [-0.2, -0.15) is 0 Å². The zero-order valence-electron chi connectivity index (χ0n) is 12.7. The van der Waals surface area contributed by atoms with Crippen molar-refractivity contribution in [2.75, 3.05) is 0 Å². The van der Waals surface area contributed by atoms with Gasteiger partial charge in [0.05, 0.1) is 12.2 Å². The third-order valence-electron chi connectivity index (χ3n) is 4.91. The molecule has 0 aromatic heterocycles. The number of hydrogen-bond donors (Lipinski definition) is 0. The summed E-state index contributed by atoms with van der Waals surface area (Å²) in [5.41, 5.74) is 2.40. The van der Waals surface area contributed by atoms with Crippen LogP contribution in [-0.2, 0) is 9.47 Å². The molecule has 4 rings (SSSR count). The minimum atomic E-state index is -0.245. The summed E-state index contributed by atoms with van der Waals surface area (Å²) < 4.78 is 12.7. The summed E-state index contributed by atoms with van der Waals surface area (Å²) in [7, 11) is 0.